The van der Waals surface area contributed by atoms with Crippen LogP contribution in [0.1, 0.15) is 71.6 Å². The van der Waals surface area contributed by atoms with Crippen molar-refractivity contribution in [1.82, 2.24) is 0 Å². The van der Waals surface area contributed by atoms with Crippen molar-refractivity contribution < 1.29 is 19.7 Å². The molecule has 2 bridgehead atoms. The number of aliphatic hydroxyl groups excluding tert-OH is 1. The first kappa shape index (κ1) is 17.8. The standard InChI is InChI=1S/C21H34O4/c1-18-8-4-9-19(2,17(23)25-3)15(18)7-10-20-11-14(5-6-16(18)20)21(24,12-20)13-22/h14-16,22,24H,4-13H2,1-3H3/t14-,15+,16+,18-,19-,20+,21-/m1/s1. The van der Waals surface area contributed by atoms with Crippen molar-refractivity contribution in [3.63, 3.8) is 0 Å². The quantitative estimate of drug-likeness (QED) is 0.750. The average molecular weight is 350 g/mol. The zero-order chi connectivity index (χ0) is 18.1. The Hall–Kier alpha value is -0.610. The highest BCUT2D eigenvalue weighted by molar-refractivity contribution is 5.77. The highest BCUT2D eigenvalue weighted by Crippen LogP contribution is 2.72. The number of carbonyl (C=O) groups is 1. The molecule has 0 amide bonds. The third-order valence-electron chi connectivity index (χ3n) is 9.24. The number of aliphatic hydroxyl groups is 2. The van der Waals surface area contributed by atoms with Gasteiger partial charge >= 0.3 is 5.97 Å². The second-order valence-electron chi connectivity index (χ2n) is 10.2. The molecule has 0 aromatic carbocycles. The van der Waals surface area contributed by atoms with Gasteiger partial charge in [-0.25, -0.2) is 0 Å². The molecule has 0 saturated heterocycles. The van der Waals surface area contributed by atoms with Crippen LogP contribution in [0.25, 0.3) is 0 Å². The normalized spacial score (nSPS) is 54.5. The molecule has 0 aromatic heterocycles. The maximum Gasteiger partial charge on any atom is 0.311 e. The van der Waals surface area contributed by atoms with E-state index >= 15 is 0 Å². The summed E-state index contributed by atoms with van der Waals surface area (Å²) in [4.78, 5) is 12.7. The number of hydrogen-bond donors (Lipinski definition) is 2. The van der Waals surface area contributed by atoms with Gasteiger partial charge in [0.05, 0.1) is 24.7 Å². The Kier molecular flexibility index (Phi) is 3.88. The highest BCUT2D eigenvalue weighted by Gasteiger charge is 2.68. The maximum absolute atomic E-state index is 12.7. The second-order valence-corrected chi connectivity index (χ2v) is 10.2. The number of hydrogen-bond acceptors (Lipinski definition) is 4. The van der Waals surface area contributed by atoms with Crippen LogP contribution in [0.3, 0.4) is 0 Å². The van der Waals surface area contributed by atoms with Gasteiger partial charge in [0.2, 0.25) is 0 Å². The van der Waals surface area contributed by atoms with Gasteiger partial charge in [0.15, 0.2) is 0 Å². The molecule has 0 radical (unpaired) electrons. The monoisotopic (exact) mass is 350 g/mol. The van der Waals surface area contributed by atoms with Gasteiger partial charge in [0.25, 0.3) is 0 Å². The Labute approximate surface area is 151 Å². The smallest absolute Gasteiger partial charge is 0.311 e. The van der Waals surface area contributed by atoms with Gasteiger partial charge in [0, 0.05) is 0 Å². The summed E-state index contributed by atoms with van der Waals surface area (Å²) < 4.78 is 5.22. The fourth-order valence-electron chi connectivity index (χ4n) is 8.28. The van der Waals surface area contributed by atoms with Crippen molar-refractivity contribution in [2.24, 2.45) is 34.0 Å². The fraction of sp³-hybridized carbons (Fsp3) is 0.952. The van der Waals surface area contributed by atoms with E-state index < -0.39 is 5.60 Å². The molecule has 0 unspecified atom stereocenters. The lowest BCUT2D eigenvalue weighted by Crippen LogP contribution is -2.58. The van der Waals surface area contributed by atoms with Crippen LogP contribution in [-0.4, -0.2) is 35.5 Å². The Morgan fingerprint density at radius 2 is 1.88 bits per heavy atom. The molecule has 4 heteroatoms. The summed E-state index contributed by atoms with van der Waals surface area (Å²) >= 11 is 0. The molecule has 1 spiro atoms. The number of carbonyl (C=O) groups excluding carboxylic acids is 1. The van der Waals surface area contributed by atoms with Gasteiger partial charge in [0.1, 0.15) is 0 Å². The predicted molar refractivity (Wildman–Crippen MR) is 94.7 cm³/mol. The first-order valence-corrected chi connectivity index (χ1v) is 10.2. The molecule has 4 rings (SSSR count). The van der Waals surface area contributed by atoms with Crippen molar-refractivity contribution in [3.8, 4) is 0 Å². The van der Waals surface area contributed by atoms with Gasteiger partial charge in [-0.05, 0) is 86.9 Å². The molecule has 0 heterocycles. The Morgan fingerprint density at radius 1 is 1.12 bits per heavy atom. The highest BCUT2D eigenvalue weighted by atomic mass is 16.5. The van der Waals surface area contributed by atoms with E-state index in [9.17, 15) is 15.0 Å². The number of fused-ring (bicyclic) bond motifs is 3. The van der Waals surface area contributed by atoms with Crippen LogP contribution in [0.15, 0.2) is 0 Å². The van der Waals surface area contributed by atoms with Gasteiger partial charge in [-0.2, -0.15) is 0 Å². The minimum absolute atomic E-state index is 0.0358. The summed E-state index contributed by atoms with van der Waals surface area (Å²) in [5.74, 6) is 1.15. The predicted octanol–water partition coefficient (Wildman–Crippen LogP) is 3.30. The maximum atomic E-state index is 12.7. The summed E-state index contributed by atoms with van der Waals surface area (Å²) in [6.45, 7) is 4.44. The summed E-state index contributed by atoms with van der Waals surface area (Å²) in [5.41, 5.74) is -0.935. The molecule has 7 atom stereocenters. The third kappa shape index (κ3) is 2.16. The SMILES string of the molecule is COC(=O)[C@]1(C)CCC[C@@]2(C)[C@@H]3CC[C@@H]4C[C@@]3(CC[C@@H]21)C[C@@]4(O)CO. The topological polar surface area (TPSA) is 66.8 Å². The third-order valence-corrected chi connectivity index (χ3v) is 9.24. The Bertz CT molecular complexity index is 576. The average Bonchev–Trinajstić information content (AvgIpc) is 2.80. The summed E-state index contributed by atoms with van der Waals surface area (Å²) in [6.07, 6.45) is 9.30. The summed E-state index contributed by atoms with van der Waals surface area (Å²) in [7, 11) is 1.52. The van der Waals surface area contributed by atoms with Crippen LogP contribution in [0.2, 0.25) is 0 Å². The lowest BCUT2D eigenvalue weighted by Gasteiger charge is -2.63. The number of esters is 1. The van der Waals surface area contributed by atoms with Crippen LogP contribution in [0.4, 0.5) is 0 Å². The van der Waals surface area contributed by atoms with E-state index in [4.69, 9.17) is 4.74 Å². The number of rotatable bonds is 2. The van der Waals surface area contributed by atoms with Crippen LogP contribution in [0, 0.1) is 34.0 Å². The van der Waals surface area contributed by atoms with Crippen LogP contribution >= 0.6 is 0 Å². The molecule has 25 heavy (non-hydrogen) atoms. The fourth-order valence-corrected chi connectivity index (χ4v) is 8.28. The molecule has 4 aliphatic rings. The van der Waals surface area contributed by atoms with Gasteiger partial charge in [-0.3, -0.25) is 4.79 Å². The van der Waals surface area contributed by atoms with E-state index in [1.54, 1.807) is 0 Å². The van der Waals surface area contributed by atoms with E-state index in [0.29, 0.717) is 11.8 Å². The zero-order valence-electron chi connectivity index (χ0n) is 16.0. The zero-order valence-corrected chi connectivity index (χ0v) is 16.0. The summed E-state index contributed by atoms with van der Waals surface area (Å²) in [5, 5.41) is 20.8. The van der Waals surface area contributed by atoms with Gasteiger partial charge in [-0.15, -0.1) is 0 Å². The van der Waals surface area contributed by atoms with Crippen molar-refractivity contribution in [1.29, 1.82) is 0 Å². The van der Waals surface area contributed by atoms with Crippen molar-refractivity contribution in [2.75, 3.05) is 13.7 Å². The molecule has 142 valence electrons. The first-order chi connectivity index (χ1) is 11.7. The minimum Gasteiger partial charge on any atom is -0.469 e. The largest absolute Gasteiger partial charge is 0.469 e. The molecule has 0 aliphatic heterocycles. The Morgan fingerprint density at radius 3 is 2.56 bits per heavy atom. The van der Waals surface area contributed by atoms with Crippen molar-refractivity contribution in [3.05, 3.63) is 0 Å². The van der Waals surface area contributed by atoms with E-state index in [2.05, 4.69) is 13.8 Å². The molecular formula is C21H34O4. The Balaban J connectivity index is 1.71. The van der Waals surface area contributed by atoms with Gasteiger partial charge in [-0.1, -0.05) is 13.3 Å². The number of methoxy groups -OCH3 is 1. The summed E-state index contributed by atoms with van der Waals surface area (Å²) in [6, 6.07) is 0. The van der Waals surface area contributed by atoms with Crippen LogP contribution in [0.5, 0.6) is 0 Å². The van der Waals surface area contributed by atoms with Crippen molar-refractivity contribution in [2.45, 2.75) is 77.2 Å². The van der Waals surface area contributed by atoms with E-state index in [1.807, 2.05) is 0 Å². The first-order valence-electron chi connectivity index (χ1n) is 10.2. The molecule has 4 fully saturated rings. The van der Waals surface area contributed by atoms with E-state index in [-0.39, 0.29) is 34.7 Å². The van der Waals surface area contributed by atoms with Crippen LogP contribution in [-0.2, 0) is 9.53 Å². The van der Waals surface area contributed by atoms with Crippen molar-refractivity contribution >= 4 is 5.97 Å². The van der Waals surface area contributed by atoms with Crippen LogP contribution < -0.4 is 0 Å². The van der Waals surface area contributed by atoms with E-state index in [0.717, 1.165) is 51.4 Å². The number of ether oxygens (including phenoxy) is 1. The molecule has 4 aliphatic carbocycles. The lowest BCUT2D eigenvalue weighted by atomic mass is 9.41. The lowest BCUT2D eigenvalue weighted by molar-refractivity contribution is -0.184. The molecule has 4 nitrogen and oxygen atoms in total. The molecule has 2 N–H and O–H groups in total. The second kappa shape index (κ2) is 5.45. The van der Waals surface area contributed by atoms with Gasteiger partial charge < -0.3 is 14.9 Å². The minimum atomic E-state index is -0.877. The molecule has 0 aromatic rings. The molecule has 4 saturated carbocycles. The molecular weight excluding hydrogens is 316 g/mol. The van der Waals surface area contributed by atoms with E-state index in [1.165, 1.54) is 13.5 Å².